The van der Waals surface area contributed by atoms with Crippen LogP contribution in [0.25, 0.3) is 0 Å². The van der Waals surface area contributed by atoms with Crippen LogP contribution in [0.1, 0.15) is 5.56 Å². The van der Waals surface area contributed by atoms with E-state index in [9.17, 15) is 9.18 Å². The van der Waals surface area contributed by atoms with E-state index in [1.165, 1.54) is 25.3 Å². The summed E-state index contributed by atoms with van der Waals surface area (Å²) in [6.07, 6.45) is -2.47. The Hall–Kier alpha value is -2.29. The van der Waals surface area contributed by atoms with E-state index in [2.05, 4.69) is 4.74 Å². The summed E-state index contributed by atoms with van der Waals surface area (Å²) < 4.78 is 22.0. The van der Waals surface area contributed by atoms with Gasteiger partial charge in [0.2, 0.25) is 0 Å². The van der Waals surface area contributed by atoms with E-state index in [0.717, 1.165) is 0 Å². The number of carboxylic acid groups (broad SMARTS) is 1. The van der Waals surface area contributed by atoms with E-state index in [1.807, 2.05) is 6.07 Å². The number of rotatable bonds is 4. The molecule has 0 aromatic heterocycles. The van der Waals surface area contributed by atoms with E-state index in [1.54, 1.807) is 0 Å². The second-order valence-corrected chi connectivity index (χ2v) is 2.78. The van der Waals surface area contributed by atoms with Crippen LogP contribution in [0.4, 0.5) is 4.39 Å². The van der Waals surface area contributed by atoms with E-state index in [4.69, 9.17) is 15.1 Å². The molecule has 0 heterocycles. The molecule has 0 fully saturated rings. The van der Waals surface area contributed by atoms with Gasteiger partial charge in [-0.25, -0.2) is 4.79 Å². The maximum atomic E-state index is 12.7. The molecule has 1 aromatic rings. The lowest BCUT2D eigenvalue weighted by atomic mass is 10.2. The lowest BCUT2D eigenvalue weighted by molar-refractivity contribution is -0.153. The number of hydrogen-bond acceptors (Lipinski definition) is 4. The Kier molecular flexibility index (Phi) is 3.67. The highest BCUT2D eigenvalue weighted by molar-refractivity contribution is 5.71. The molecule has 1 atom stereocenters. The van der Waals surface area contributed by atoms with E-state index >= 15 is 0 Å². The Morgan fingerprint density at radius 3 is 2.62 bits per heavy atom. The highest BCUT2D eigenvalue weighted by atomic mass is 19.1. The van der Waals surface area contributed by atoms with Gasteiger partial charge in [-0.15, -0.1) is 0 Å². The van der Waals surface area contributed by atoms with Crippen molar-refractivity contribution in [3.8, 4) is 17.6 Å². The summed E-state index contributed by atoms with van der Waals surface area (Å²) in [5, 5.41) is 17.0. The summed E-state index contributed by atoms with van der Waals surface area (Å²) in [6.45, 7) is 0. The molecule has 1 aromatic carbocycles. The Morgan fingerprint density at radius 1 is 1.50 bits per heavy atom. The summed E-state index contributed by atoms with van der Waals surface area (Å²) in [4.78, 5) is 10.2. The summed E-state index contributed by atoms with van der Waals surface area (Å²) in [5.41, 5.74) is 0.187. The van der Waals surface area contributed by atoms with Crippen LogP contribution >= 0.6 is 0 Å². The SMILES string of the molecule is COc1cc(C#N)cc(OC(F)C(=O)O)c1. The van der Waals surface area contributed by atoms with Crippen LogP contribution < -0.4 is 9.47 Å². The molecule has 0 amide bonds. The Morgan fingerprint density at radius 2 is 2.12 bits per heavy atom. The maximum Gasteiger partial charge on any atom is 0.378 e. The Labute approximate surface area is 90.6 Å². The van der Waals surface area contributed by atoms with Crippen LogP contribution in [0.3, 0.4) is 0 Å². The highest BCUT2D eigenvalue weighted by Crippen LogP contribution is 2.23. The third-order valence-corrected chi connectivity index (χ3v) is 1.68. The molecule has 0 saturated carbocycles. The normalized spacial score (nSPS) is 11.3. The number of hydrogen-bond donors (Lipinski definition) is 1. The van der Waals surface area contributed by atoms with Gasteiger partial charge in [0.1, 0.15) is 11.5 Å². The zero-order chi connectivity index (χ0) is 12.1. The van der Waals surface area contributed by atoms with Gasteiger partial charge in [-0.2, -0.15) is 9.65 Å². The highest BCUT2D eigenvalue weighted by Gasteiger charge is 2.17. The molecular weight excluding hydrogens is 217 g/mol. The second-order valence-electron chi connectivity index (χ2n) is 2.78. The summed E-state index contributed by atoms with van der Waals surface area (Å²) in [5.74, 6) is -1.53. The predicted molar refractivity (Wildman–Crippen MR) is 50.9 cm³/mol. The topological polar surface area (TPSA) is 79.5 Å². The first-order chi connectivity index (χ1) is 7.56. The quantitative estimate of drug-likeness (QED) is 0.835. The molecule has 6 heteroatoms. The summed E-state index contributed by atoms with van der Waals surface area (Å²) in [7, 11) is 1.37. The van der Waals surface area contributed by atoms with Gasteiger partial charge < -0.3 is 14.6 Å². The van der Waals surface area contributed by atoms with Gasteiger partial charge in [0.25, 0.3) is 0 Å². The number of alkyl halides is 1. The van der Waals surface area contributed by atoms with Crippen molar-refractivity contribution in [2.24, 2.45) is 0 Å². The predicted octanol–water partition coefficient (Wildman–Crippen LogP) is 1.33. The van der Waals surface area contributed by atoms with Crippen molar-refractivity contribution < 1.29 is 23.8 Å². The van der Waals surface area contributed by atoms with Gasteiger partial charge in [0, 0.05) is 6.07 Å². The number of carbonyl (C=O) groups is 1. The van der Waals surface area contributed by atoms with E-state index in [0.29, 0.717) is 0 Å². The number of halogens is 1. The molecule has 0 spiro atoms. The van der Waals surface area contributed by atoms with Gasteiger partial charge in [0.05, 0.1) is 18.7 Å². The molecule has 1 unspecified atom stereocenters. The van der Waals surface area contributed by atoms with Crippen molar-refractivity contribution in [2.75, 3.05) is 7.11 Å². The second kappa shape index (κ2) is 4.98. The number of aliphatic carboxylic acids is 1. The molecule has 1 rings (SSSR count). The van der Waals surface area contributed by atoms with Crippen LogP contribution in [0.2, 0.25) is 0 Å². The van der Waals surface area contributed by atoms with Crippen molar-refractivity contribution >= 4 is 5.97 Å². The number of benzene rings is 1. The zero-order valence-electron chi connectivity index (χ0n) is 8.31. The number of ether oxygens (including phenoxy) is 2. The zero-order valence-corrected chi connectivity index (χ0v) is 8.31. The molecule has 0 aliphatic carbocycles. The van der Waals surface area contributed by atoms with Crippen molar-refractivity contribution in [3.63, 3.8) is 0 Å². The van der Waals surface area contributed by atoms with Crippen LogP contribution in [-0.2, 0) is 4.79 Å². The third-order valence-electron chi connectivity index (χ3n) is 1.68. The van der Waals surface area contributed by atoms with Crippen molar-refractivity contribution in [2.45, 2.75) is 6.36 Å². The number of nitriles is 1. The molecule has 5 nitrogen and oxygen atoms in total. The number of methoxy groups -OCH3 is 1. The number of nitrogens with zero attached hydrogens (tertiary/aromatic N) is 1. The minimum atomic E-state index is -2.47. The standard InChI is InChI=1S/C10H8FNO4/c1-15-7-2-6(5-12)3-8(4-7)16-9(11)10(13)14/h2-4,9H,1H3,(H,13,14). The fraction of sp³-hybridized carbons (Fsp3) is 0.200. The van der Waals surface area contributed by atoms with Crippen molar-refractivity contribution in [3.05, 3.63) is 23.8 Å². The summed E-state index contributed by atoms with van der Waals surface area (Å²) >= 11 is 0. The minimum absolute atomic E-state index is 0.0780. The average molecular weight is 225 g/mol. The first-order valence-electron chi connectivity index (χ1n) is 4.19. The van der Waals surface area contributed by atoms with E-state index in [-0.39, 0.29) is 17.1 Å². The minimum Gasteiger partial charge on any atom is -0.497 e. The molecular formula is C10H8FNO4. The van der Waals surface area contributed by atoms with Gasteiger partial charge >= 0.3 is 12.3 Å². The van der Waals surface area contributed by atoms with Crippen LogP contribution in [0, 0.1) is 11.3 Å². The van der Waals surface area contributed by atoms with Crippen molar-refractivity contribution in [1.29, 1.82) is 5.26 Å². The van der Waals surface area contributed by atoms with Gasteiger partial charge in [-0.05, 0) is 12.1 Å². The van der Waals surface area contributed by atoms with Crippen molar-refractivity contribution in [1.82, 2.24) is 0 Å². The smallest absolute Gasteiger partial charge is 0.378 e. The van der Waals surface area contributed by atoms with E-state index < -0.39 is 12.3 Å². The fourth-order valence-electron chi connectivity index (χ4n) is 0.992. The molecule has 0 radical (unpaired) electrons. The maximum absolute atomic E-state index is 12.7. The lowest BCUT2D eigenvalue weighted by Crippen LogP contribution is -2.21. The summed E-state index contributed by atoms with van der Waals surface area (Å²) in [6, 6.07) is 5.74. The van der Waals surface area contributed by atoms with Gasteiger partial charge in [0.15, 0.2) is 0 Å². The van der Waals surface area contributed by atoms with Gasteiger partial charge in [-0.3, -0.25) is 0 Å². The molecule has 84 valence electrons. The lowest BCUT2D eigenvalue weighted by Gasteiger charge is -2.09. The van der Waals surface area contributed by atoms with Crippen LogP contribution in [0.5, 0.6) is 11.5 Å². The van der Waals surface area contributed by atoms with Gasteiger partial charge in [-0.1, -0.05) is 0 Å². The molecule has 1 N–H and O–H groups in total. The largest absolute Gasteiger partial charge is 0.497 e. The first kappa shape index (κ1) is 11.8. The molecule has 0 aliphatic heterocycles. The van der Waals surface area contributed by atoms with Crippen LogP contribution in [0.15, 0.2) is 18.2 Å². The Balaban J connectivity index is 2.96. The fourth-order valence-corrected chi connectivity index (χ4v) is 0.992. The molecule has 0 bridgehead atoms. The first-order valence-corrected chi connectivity index (χ1v) is 4.19. The number of carboxylic acids is 1. The monoisotopic (exact) mass is 225 g/mol. The molecule has 0 aliphatic rings. The molecule has 16 heavy (non-hydrogen) atoms. The Bertz CT molecular complexity index is 441. The molecule has 0 saturated heterocycles. The third kappa shape index (κ3) is 2.85. The van der Waals surface area contributed by atoms with Crippen LogP contribution in [-0.4, -0.2) is 24.5 Å². The average Bonchev–Trinajstić information content (AvgIpc) is 2.28.